The lowest BCUT2D eigenvalue weighted by Crippen LogP contribution is -2.41. The number of nitrogens with one attached hydrogen (secondary N) is 1. The molecule has 1 fully saturated rings. The zero-order chi connectivity index (χ0) is 11.4. The smallest absolute Gasteiger partial charge is 0.227 e. The summed E-state index contributed by atoms with van der Waals surface area (Å²) >= 11 is 2.04. The summed E-state index contributed by atoms with van der Waals surface area (Å²) in [4.78, 5) is 4.00. The number of hydrogen-bond donors (Lipinski definition) is 1. The zero-order valence-electron chi connectivity index (χ0n) is 9.90. The van der Waals surface area contributed by atoms with Gasteiger partial charge in [0.1, 0.15) is 0 Å². The van der Waals surface area contributed by atoms with Gasteiger partial charge in [-0.3, -0.25) is 0 Å². The van der Waals surface area contributed by atoms with E-state index in [0.29, 0.717) is 11.5 Å². The first-order chi connectivity index (χ1) is 7.66. The van der Waals surface area contributed by atoms with Crippen molar-refractivity contribution in [1.29, 1.82) is 0 Å². The molecule has 1 aliphatic heterocycles. The van der Waals surface area contributed by atoms with E-state index >= 15 is 0 Å². The zero-order valence-corrected chi connectivity index (χ0v) is 10.7. The molecule has 5 heteroatoms. The van der Waals surface area contributed by atoms with E-state index in [4.69, 9.17) is 4.52 Å². The lowest BCUT2D eigenvalue weighted by molar-refractivity contribution is 0.314. The van der Waals surface area contributed by atoms with Crippen molar-refractivity contribution >= 4 is 11.8 Å². The van der Waals surface area contributed by atoms with Gasteiger partial charge >= 0.3 is 0 Å². The van der Waals surface area contributed by atoms with E-state index in [1.807, 2.05) is 11.8 Å². The number of hydrogen-bond acceptors (Lipinski definition) is 5. The van der Waals surface area contributed by atoms with Gasteiger partial charge in [-0.05, 0) is 17.6 Å². The van der Waals surface area contributed by atoms with Crippen LogP contribution in [0.2, 0.25) is 0 Å². The van der Waals surface area contributed by atoms with Gasteiger partial charge in [-0.15, -0.1) is 0 Å². The molecule has 0 aliphatic carbocycles. The Morgan fingerprint density at radius 3 is 3.19 bits per heavy atom. The Balaban J connectivity index is 1.70. The molecule has 0 saturated carbocycles. The predicted octanol–water partition coefficient (Wildman–Crippen LogP) is 1.73. The van der Waals surface area contributed by atoms with Crippen LogP contribution in [-0.2, 0) is 6.42 Å². The maximum absolute atomic E-state index is 4.96. The Bertz CT molecular complexity index is 313. The molecule has 1 aliphatic rings. The Morgan fingerprint density at radius 1 is 1.62 bits per heavy atom. The Hall–Kier alpha value is -0.550. The fraction of sp³-hybridized carbons (Fsp3) is 0.818. The van der Waals surface area contributed by atoms with Crippen LogP contribution in [-0.4, -0.2) is 34.2 Å². The van der Waals surface area contributed by atoms with Gasteiger partial charge in [0.2, 0.25) is 5.89 Å². The van der Waals surface area contributed by atoms with Crippen molar-refractivity contribution in [1.82, 2.24) is 15.5 Å². The summed E-state index contributed by atoms with van der Waals surface area (Å²) in [5.41, 5.74) is 0.463. The van der Waals surface area contributed by atoms with Gasteiger partial charge in [-0.2, -0.15) is 16.7 Å². The number of thioether (sulfide) groups is 1. The SMILES string of the molecule is CC1(C)CSCC(NCCc2ncno2)C1. The standard InChI is InChI=1S/C11H19N3OS/c1-11(2)5-9(6-16-7-11)12-4-3-10-13-8-14-15-10/h8-9,12H,3-7H2,1-2H3. The lowest BCUT2D eigenvalue weighted by Gasteiger charge is -2.35. The van der Waals surface area contributed by atoms with Crippen molar-refractivity contribution in [3.8, 4) is 0 Å². The number of nitrogens with zero attached hydrogens (tertiary/aromatic N) is 2. The molecule has 1 saturated heterocycles. The first-order valence-corrected chi connectivity index (χ1v) is 6.88. The van der Waals surface area contributed by atoms with Gasteiger partial charge < -0.3 is 9.84 Å². The minimum Gasteiger partial charge on any atom is -0.340 e. The highest BCUT2D eigenvalue weighted by Gasteiger charge is 2.27. The average molecular weight is 241 g/mol. The van der Waals surface area contributed by atoms with Crippen LogP contribution in [0.15, 0.2) is 10.9 Å². The number of rotatable bonds is 4. The fourth-order valence-corrected chi connectivity index (χ4v) is 3.39. The van der Waals surface area contributed by atoms with E-state index in [2.05, 4.69) is 29.3 Å². The highest BCUT2D eigenvalue weighted by Crippen LogP contribution is 2.33. The van der Waals surface area contributed by atoms with Crippen LogP contribution < -0.4 is 5.32 Å². The van der Waals surface area contributed by atoms with Gasteiger partial charge in [0.25, 0.3) is 0 Å². The van der Waals surface area contributed by atoms with E-state index in [0.717, 1.165) is 18.9 Å². The molecule has 4 nitrogen and oxygen atoms in total. The summed E-state index contributed by atoms with van der Waals surface area (Å²) in [5, 5.41) is 7.16. The maximum atomic E-state index is 4.96. The molecular weight excluding hydrogens is 222 g/mol. The average Bonchev–Trinajstić information content (AvgIpc) is 2.69. The second kappa shape index (κ2) is 5.19. The summed E-state index contributed by atoms with van der Waals surface area (Å²) in [7, 11) is 0. The summed E-state index contributed by atoms with van der Waals surface area (Å²) < 4.78 is 4.96. The van der Waals surface area contributed by atoms with Crippen LogP contribution in [0.5, 0.6) is 0 Å². The second-order valence-corrected chi connectivity index (χ2v) is 6.15. The van der Waals surface area contributed by atoms with Gasteiger partial charge in [-0.25, -0.2) is 0 Å². The van der Waals surface area contributed by atoms with Gasteiger partial charge in [0.15, 0.2) is 6.33 Å². The van der Waals surface area contributed by atoms with Crippen LogP contribution in [0.3, 0.4) is 0 Å². The van der Waals surface area contributed by atoms with E-state index in [-0.39, 0.29) is 0 Å². The van der Waals surface area contributed by atoms with Crippen LogP contribution in [0.4, 0.5) is 0 Å². The van der Waals surface area contributed by atoms with E-state index < -0.39 is 0 Å². The Labute approximate surface area is 101 Å². The molecule has 1 aromatic rings. The molecule has 90 valence electrons. The molecule has 16 heavy (non-hydrogen) atoms. The Kier molecular flexibility index (Phi) is 3.86. The van der Waals surface area contributed by atoms with Crippen molar-refractivity contribution in [3.05, 3.63) is 12.2 Å². The van der Waals surface area contributed by atoms with Crippen molar-refractivity contribution in [2.75, 3.05) is 18.1 Å². The van der Waals surface area contributed by atoms with Crippen LogP contribution in [0, 0.1) is 5.41 Å². The largest absolute Gasteiger partial charge is 0.340 e. The molecule has 0 spiro atoms. The monoisotopic (exact) mass is 241 g/mol. The van der Waals surface area contributed by atoms with Crippen LogP contribution >= 0.6 is 11.8 Å². The summed E-state index contributed by atoms with van der Waals surface area (Å²) in [6.45, 7) is 5.60. The van der Waals surface area contributed by atoms with Crippen molar-refractivity contribution in [2.24, 2.45) is 5.41 Å². The highest BCUT2D eigenvalue weighted by atomic mass is 32.2. The Morgan fingerprint density at radius 2 is 2.50 bits per heavy atom. The van der Waals surface area contributed by atoms with E-state index in [1.165, 1.54) is 24.3 Å². The third kappa shape index (κ3) is 3.49. The molecule has 2 heterocycles. The predicted molar refractivity (Wildman–Crippen MR) is 65.5 cm³/mol. The molecule has 2 rings (SSSR count). The molecule has 0 radical (unpaired) electrons. The molecule has 1 aromatic heterocycles. The fourth-order valence-electron chi connectivity index (χ4n) is 2.08. The third-order valence-electron chi connectivity index (χ3n) is 2.79. The van der Waals surface area contributed by atoms with Crippen molar-refractivity contribution < 1.29 is 4.52 Å². The molecule has 1 unspecified atom stereocenters. The summed E-state index contributed by atoms with van der Waals surface area (Å²) in [6.07, 6.45) is 3.53. The quantitative estimate of drug-likeness (QED) is 0.870. The van der Waals surface area contributed by atoms with Crippen LogP contribution in [0.1, 0.15) is 26.2 Å². The molecule has 0 aromatic carbocycles. The summed E-state index contributed by atoms with van der Waals surface area (Å²) in [6, 6.07) is 0.622. The molecule has 1 atom stereocenters. The minimum absolute atomic E-state index is 0.463. The third-order valence-corrected chi connectivity index (χ3v) is 4.41. The minimum atomic E-state index is 0.463. The van der Waals surface area contributed by atoms with Gasteiger partial charge in [-0.1, -0.05) is 19.0 Å². The normalized spacial score (nSPS) is 24.5. The highest BCUT2D eigenvalue weighted by molar-refractivity contribution is 7.99. The van der Waals surface area contributed by atoms with Gasteiger partial charge in [0, 0.05) is 24.8 Å². The van der Waals surface area contributed by atoms with E-state index in [1.54, 1.807) is 0 Å². The lowest BCUT2D eigenvalue weighted by atomic mass is 9.88. The van der Waals surface area contributed by atoms with Gasteiger partial charge in [0.05, 0.1) is 0 Å². The molecule has 0 bridgehead atoms. The topological polar surface area (TPSA) is 51.0 Å². The van der Waals surface area contributed by atoms with E-state index in [9.17, 15) is 0 Å². The van der Waals surface area contributed by atoms with Crippen molar-refractivity contribution in [2.45, 2.75) is 32.7 Å². The molecule has 1 N–H and O–H groups in total. The first-order valence-electron chi connectivity index (χ1n) is 5.72. The summed E-state index contributed by atoms with van der Waals surface area (Å²) in [5.74, 6) is 3.21. The second-order valence-electron chi connectivity index (χ2n) is 5.12. The maximum Gasteiger partial charge on any atom is 0.227 e. The first kappa shape index (κ1) is 11.9. The van der Waals surface area contributed by atoms with Crippen molar-refractivity contribution in [3.63, 3.8) is 0 Å². The molecular formula is C11H19N3OS. The molecule has 0 amide bonds. The van der Waals surface area contributed by atoms with Crippen LogP contribution in [0.25, 0.3) is 0 Å². The number of aromatic nitrogens is 2.